The van der Waals surface area contributed by atoms with Crippen LogP contribution in [0.3, 0.4) is 0 Å². The van der Waals surface area contributed by atoms with E-state index in [0.717, 1.165) is 23.4 Å². The van der Waals surface area contributed by atoms with Crippen molar-refractivity contribution in [2.24, 2.45) is 5.41 Å². The topological polar surface area (TPSA) is 17.8 Å². The van der Waals surface area contributed by atoms with Gasteiger partial charge in [0.15, 0.2) is 0 Å². The molecule has 102 valence electrons. The van der Waals surface area contributed by atoms with Gasteiger partial charge in [-0.1, -0.05) is 37.4 Å². The third kappa shape index (κ3) is 2.36. The molecule has 1 saturated carbocycles. The van der Waals surface area contributed by atoms with E-state index in [9.17, 15) is 0 Å². The second kappa shape index (κ2) is 4.99. The fourth-order valence-electron chi connectivity index (χ4n) is 3.21. The van der Waals surface area contributed by atoms with Crippen molar-refractivity contribution < 1.29 is 0 Å². The number of fused-ring (bicyclic) bond motifs is 1. The number of halogens is 2. The Labute approximate surface area is 123 Å². The molecule has 0 saturated heterocycles. The Balaban J connectivity index is 2.08. The highest BCUT2D eigenvalue weighted by Crippen LogP contribution is 2.40. The van der Waals surface area contributed by atoms with Gasteiger partial charge in [0.1, 0.15) is 11.3 Å². The molecule has 1 heterocycles. The molecule has 19 heavy (non-hydrogen) atoms. The molecular formula is C15H18Cl2N2. The second-order valence-corrected chi connectivity index (χ2v) is 6.55. The predicted octanol–water partition coefficient (Wildman–Crippen LogP) is 5.01. The van der Waals surface area contributed by atoms with E-state index in [-0.39, 0.29) is 0 Å². The molecule has 1 aromatic carbocycles. The predicted molar refractivity (Wildman–Crippen MR) is 80.9 cm³/mol. The van der Waals surface area contributed by atoms with Crippen LogP contribution in [0.1, 0.15) is 38.4 Å². The summed E-state index contributed by atoms with van der Waals surface area (Å²) in [5.41, 5.74) is 2.36. The maximum atomic E-state index is 6.23. The largest absolute Gasteiger partial charge is 0.326 e. The molecule has 0 atom stereocenters. The van der Waals surface area contributed by atoms with Crippen LogP contribution in [0.15, 0.2) is 18.2 Å². The number of nitrogens with zero attached hydrogens (tertiary/aromatic N) is 2. The van der Waals surface area contributed by atoms with Gasteiger partial charge in [-0.25, -0.2) is 4.98 Å². The third-order valence-corrected chi connectivity index (χ3v) is 4.82. The first-order valence-electron chi connectivity index (χ1n) is 6.83. The summed E-state index contributed by atoms with van der Waals surface area (Å²) in [4.78, 5) is 4.60. The van der Waals surface area contributed by atoms with E-state index in [0.29, 0.717) is 16.3 Å². The van der Waals surface area contributed by atoms with Gasteiger partial charge in [0, 0.05) is 6.54 Å². The molecule has 0 spiro atoms. The lowest BCUT2D eigenvalue weighted by Gasteiger charge is -2.25. The summed E-state index contributed by atoms with van der Waals surface area (Å²) in [6.07, 6.45) is 5.24. The van der Waals surface area contributed by atoms with Crippen LogP contribution < -0.4 is 0 Å². The highest BCUT2D eigenvalue weighted by Gasteiger charge is 2.30. The number of imidazole rings is 1. The Morgan fingerprint density at radius 2 is 2.05 bits per heavy atom. The maximum absolute atomic E-state index is 6.23. The van der Waals surface area contributed by atoms with E-state index in [1.165, 1.54) is 25.7 Å². The van der Waals surface area contributed by atoms with Gasteiger partial charge >= 0.3 is 0 Å². The average Bonchev–Trinajstić information content (AvgIpc) is 2.96. The zero-order valence-corrected chi connectivity index (χ0v) is 12.6. The Morgan fingerprint density at radius 3 is 2.74 bits per heavy atom. The van der Waals surface area contributed by atoms with Crippen molar-refractivity contribution in [3.8, 4) is 0 Å². The number of rotatable bonds is 3. The van der Waals surface area contributed by atoms with Gasteiger partial charge in [-0.2, -0.15) is 0 Å². The Morgan fingerprint density at radius 1 is 1.32 bits per heavy atom. The monoisotopic (exact) mass is 296 g/mol. The number of para-hydroxylation sites is 1. The lowest BCUT2D eigenvalue weighted by atomic mass is 9.89. The van der Waals surface area contributed by atoms with Crippen molar-refractivity contribution in [3.63, 3.8) is 0 Å². The summed E-state index contributed by atoms with van der Waals surface area (Å²) < 4.78 is 2.26. The molecule has 0 bridgehead atoms. The van der Waals surface area contributed by atoms with E-state index in [1.54, 1.807) is 0 Å². The van der Waals surface area contributed by atoms with Crippen LogP contribution in [-0.2, 0) is 12.4 Å². The van der Waals surface area contributed by atoms with E-state index in [4.69, 9.17) is 23.2 Å². The zero-order valence-electron chi connectivity index (χ0n) is 11.1. The molecule has 0 radical (unpaired) electrons. The lowest BCUT2D eigenvalue weighted by Crippen LogP contribution is -2.20. The molecule has 0 unspecified atom stereocenters. The van der Waals surface area contributed by atoms with Crippen molar-refractivity contribution >= 4 is 34.2 Å². The number of benzene rings is 1. The smallest absolute Gasteiger partial charge is 0.124 e. The second-order valence-electron chi connectivity index (χ2n) is 5.87. The van der Waals surface area contributed by atoms with Crippen molar-refractivity contribution in [2.45, 2.75) is 45.0 Å². The Kier molecular flexibility index (Phi) is 3.48. The normalized spacial score (nSPS) is 18.3. The number of hydrogen-bond donors (Lipinski definition) is 0. The molecule has 1 aromatic heterocycles. The van der Waals surface area contributed by atoms with Gasteiger partial charge in [-0.05, 0) is 30.4 Å². The van der Waals surface area contributed by atoms with Gasteiger partial charge in [0.25, 0.3) is 0 Å². The molecule has 1 aliphatic carbocycles. The van der Waals surface area contributed by atoms with Gasteiger partial charge in [0.2, 0.25) is 0 Å². The first-order chi connectivity index (χ1) is 9.13. The molecule has 0 aliphatic heterocycles. The third-order valence-electron chi connectivity index (χ3n) is 4.28. The Bertz CT molecular complexity index is 597. The van der Waals surface area contributed by atoms with Crippen molar-refractivity contribution in [2.75, 3.05) is 0 Å². The summed E-state index contributed by atoms with van der Waals surface area (Å²) in [7, 11) is 0. The van der Waals surface area contributed by atoms with Crippen LogP contribution >= 0.6 is 23.2 Å². The van der Waals surface area contributed by atoms with Crippen molar-refractivity contribution in [1.82, 2.24) is 9.55 Å². The van der Waals surface area contributed by atoms with Gasteiger partial charge in [-0.3, -0.25) is 0 Å². The van der Waals surface area contributed by atoms with E-state index >= 15 is 0 Å². The average molecular weight is 297 g/mol. The molecule has 0 N–H and O–H groups in total. The molecule has 2 nitrogen and oxygen atoms in total. The van der Waals surface area contributed by atoms with Crippen LogP contribution in [0.25, 0.3) is 11.0 Å². The molecule has 4 heteroatoms. The standard InChI is InChI=1S/C15H18Cl2N2/c1-15(7-2-3-8-15)10-19-12-6-4-5-11(17)14(12)18-13(19)9-16/h4-6H,2-3,7-10H2,1H3. The summed E-state index contributed by atoms with van der Waals surface area (Å²) in [5.74, 6) is 1.36. The minimum absolute atomic E-state index is 0.372. The SMILES string of the molecule is CC1(Cn2c(CCl)nc3c(Cl)cccc32)CCCC1. The summed E-state index contributed by atoms with van der Waals surface area (Å²) >= 11 is 12.3. The van der Waals surface area contributed by atoms with Crippen LogP contribution in [0.2, 0.25) is 5.02 Å². The van der Waals surface area contributed by atoms with Gasteiger partial charge in [0.05, 0.1) is 16.4 Å². The first-order valence-corrected chi connectivity index (χ1v) is 7.74. The van der Waals surface area contributed by atoms with Crippen molar-refractivity contribution in [3.05, 3.63) is 29.0 Å². The molecule has 2 aromatic rings. The highest BCUT2D eigenvalue weighted by atomic mass is 35.5. The minimum atomic E-state index is 0.372. The number of aromatic nitrogens is 2. The quantitative estimate of drug-likeness (QED) is 0.728. The maximum Gasteiger partial charge on any atom is 0.124 e. The minimum Gasteiger partial charge on any atom is -0.326 e. The molecule has 0 amide bonds. The zero-order chi connectivity index (χ0) is 13.5. The van der Waals surface area contributed by atoms with Gasteiger partial charge < -0.3 is 4.57 Å². The molecule has 1 fully saturated rings. The van der Waals surface area contributed by atoms with Crippen LogP contribution in [0.4, 0.5) is 0 Å². The van der Waals surface area contributed by atoms with Crippen LogP contribution in [-0.4, -0.2) is 9.55 Å². The number of alkyl halides is 1. The van der Waals surface area contributed by atoms with E-state index in [2.05, 4.69) is 22.5 Å². The summed E-state index contributed by atoms with van der Waals surface area (Å²) in [6, 6.07) is 5.96. The summed E-state index contributed by atoms with van der Waals surface area (Å²) in [5, 5.41) is 0.708. The van der Waals surface area contributed by atoms with E-state index in [1.807, 2.05) is 12.1 Å². The van der Waals surface area contributed by atoms with Crippen LogP contribution in [0, 0.1) is 5.41 Å². The highest BCUT2D eigenvalue weighted by molar-refractivity contribution is 6.35. The summed E-state index contributed by atoms with van der Waals surface area (Å²) in [6.45, 7) is 3.36. The molecule has 1 aliphatic rings. The first kappa shape index (κ1) is 13.3. The lowest BCUT2D eigenvalue weighted by molar-refractivity contribution is 0.282. The van der Waals surface area contributed by atoms with Crippen molar-refractivity contribution in [1.29, 1.82) is 0 Å². The fraction of sp³-hybridized carbons (Fsp3) is 0.533. The molecular weight excluding hydrogens is 279 g/mol. The Hall–Kier alpha value is -0.730. The van der Waals surface area contributed by atoms with E-state index < -0.39 is 0 Å². The van der Waals surface area contributed by atoms with Crippen LogP contribution in [0.5, 0.6) is 0 Å². The molecule has 3 rings (SSSR count). The fourth-order valence-corrected chi connectivity index (χ4v) is 3.62. The number of hydrogen-bond acceptors (Lipinski definition) is 1. The van der Waals surface area contributed by atoms with Gasteiger partial charge in [-0.15, -0.1) is 11.6 Å².